The number of carboxylic acids is 1. The number of nitrogens with two attached hydrogens (primary N) is 3. The summed E-state index contributed by atoms with van der Waals surface area (Å²) in [6, 6.07) is 2.17. The van der Waals surface area contributed by atoms with Crippen molar-refractivity contribution in [3.8, 4) is 0 Å². The van der Waals surface area contributed by atoms with Gasteiger partial charge in [0, 0.05) is 42.3 Å². The lowest BCUT2D eigenvalue weighted by atomic mass is 9.98. The Kier molecular flexibility index (Phi) is 21.7. The van der Waals surface area contributed by atoms with Gasteiger partial charge in [0.15, 0.2) is 0 Å². The van der Waals surface area contributed by atoms with Crippen LogP contribution in [0.5, 0.6) is 0 Å². The fourth-order valence-electron chi connectivity index (χ4n) is 7.26. The summed E-state index contributed by atoms with van der Waals surface area (Å²) in [5.74, 6) is -7.57. The predicted molar refractivity (Wildman–Crippen MR) is 248 cm³/mol. The molecule has 3 rings (SSSR count). The largest absolute Gasteiger partial charge is 0.480 e. The van der Waals surface area contributed by atoms with E-state index in [0.29, 0.717) is 24.9 Å². The summed E-state index contributed by atoms with van der Waals surface area (Å²) in [7, 11) is 0. The number of fused-ring (bicyclic) bond motifs is 1. The lowest BCUT2D eigenvalue weighted by molar-refractivity contribution is -0.143. The summed E-state index contributed by atoms with van der Waals surface area (Å²) >= 11 is 0. The molecule has 0 aliphatic heterocycles. The Balaban J connectivity index is 1.90. The van der Waals surface area contributed by atoms with E-state index in [0.717, 1.165) is 16.5 Å². The minimum Gasteiger partial charge on any atom is -0.480 e. The summed E-state index contributed by atoms with van der Waals surface area (Å²) < 4.78 is 0. The molecule has 2 aromatic heterocycles. The first-order valence-electron chi connectivity index (χ1n) is 22.4. The molecule has 0 fully saturated rings. The monoisotopic (exact) mass is 920 g/mol. The Morgan fingerprint density at radius 1 is 0.667 bits per heavy atom. The van der Waals surface area contributed by atoms with E-state index in [4.69, 9.17) is 17.2 Å². The summed E-state index contributed by atoms with van der Waals surface area (Å²) in [6.07, 6.45) is 5.53. The molecule has 0 radical (unpaired) electrons. The lowest BCUT2D eigenvalue weighted by Crippen LogP contribution is -2.61. The van der Waals surface area contributed by atoms with Crippen LogP contribution < -0.4 is 49.1 Å². The van der Waals surface area contributed by atoms with E-state index in [1.165, 1.54) is 0 Å². The van der Waals surface area contributed by atoms with Gasteiger partial charge in [0.1, 0.15) is 36.3 Å². The van der Waals surface area contributed by atoms with Crippen molar-refractivity contribution >= 4 is 58.2 Å². The maximum atomic E-state index is 14.3. The SMILES string of the molecule is CC(C)C[C@H](NC(=O)[C@@H](NC(=O)[C@@H](N)Cc1cccnc1)C(C)C)C(=O)N[C@@H](CCC(N)=O)C(=O)N[C@@H](Cc1c[nH]c2ccccc12)C(=O)N[C@H](C(=O)N[C@@H](CCCCN)C(=O)O)C(C)C. The van der Waals surface area contributed by atoms with E-state index in [2.05, 4.69) is 41.9 Å². The fourth-order valence-corrected chi connectivity index (χ4v) is 7.26. The van der Waals surface area contributed by atoms with Gasteiger partial charge in [-0.3, -0.25) is 38.5 Å². The third-order valence-corrected chi connectivity index (χ3v) is 11.0. The zero-order valence-corrected chi connectivity index (χ0v) is 38.7. The molecule has 1 aromatic carbocycles. The number of hydrogen-bond donors (Lipinski definition) is 11. The van der Waals surface area contributed by atoms with E-state index >= 15 is 0 Å². The number of hydrogen-bond acceptors (Lipinski definition) is 11. The number of benzene rings is 1. The Hall–Kier alpha value is -6.41. The van der Waals surface area contributed by atoms with Gasteiger partial charge in [0.2, 0.25) is 41.4 Å². The molecule has 7 amide bonds. The van der Waals surface area contributed by atoms with E-state index in [1.807, 2.05) is 32.0 Å². The minimum atomic E-state index is -1.45. The number of rotatable bonds is 28. The predicted octanol–water partition coefficient (Wildman–Crippen LogP) is 0.421. The molecule has 0 bridgehead atoms. The highest BCUT2D eigenvalue weighted by atomic mass is 16.4. The number of carboxylic acid groups (broad SMARTS) is 1. The number of amides is 7. The Bertz CT molecular complexity index is 2110. The van der Waals surface area contributed by atoms with E-state index in [9.17, 15) is 43.5 Å². The molecular formula is C46H69N11O9. The molecule has 0 spiro atoms. The first-order chi connectivity index (χ1) is 31.2. The quantitative estimate of drug-likeness (QED) is 0.0442. The van der Waals surface area contributed by atoms with Crippen molar-refractivity contribution in [2.45, 2.75) is 135 Å². The molecular weight excluding hydrogens is 851 g/mol. The van der Waals surface area contributed by atoms with Crippen LogP contribution in [0.15, 0.2) is 55.0 Å². The smallest absolute Gasteiger partial charge is 0.326 e. The highest BCUT2D eigenvalue weighted by Gasteiger charge is 2.35. The van der Waals surface area contributed by atoms with Gasteiger partial charge in [-0.05, 0) is 86.1 Å². The Labute approximate surface area is 385 Å². The van der Waals surface area contributed by atoms with Crippen molar-refractivity contribution in [3.05, 3.63) is 66.1 Å². The first-order valence-corrected chi connectivity index (χ1v) is 22.4. The molecule has 2 heterocycles. The molecule has 20 heteroatoms. The van der Waals surface area contributed by atoms with Gasteiger partial charge in [0.05, 0.1) is 6.04 Å². The van der Waals surface area contributed by atoms with E-state index in [-0.39, 0.29) is 44.4 Å². The van der Waals surface area contributed by atoms with Crippen molar-refractivity contribution in [2.24, 2.45) is 35.0 Å². The third-order valence-electron chi connectivity index (χ3n) is 11.0. The number of nitrogens with zero attached hydrogens (tertiary/aromatic N) is 1. The topological polar surface area (TPSA) is 336 Å². The number of aromatic amines is 1. The third kappa shape index (κ3) is 17.2. The van der Waals surface area contributed by atoms with Crippen molar-refractivity contribution in [1.82, 2.24) is 41.9 Å². The average Bonchev–Trinajstić information content (AvgIpc) is 3.67. The number of aromatic nitrogens is 2. The molecule has 0 saturated carbocycles. The molecule has 0 aliphatic rings. The standard InChI is InChI=1S/C46H69N11O9/c1-25(2)20-35(55-45(64)38(26(3)4)56-40(59)31(48)21-28-12-11-19-50-23-28)42(61)52-33(16-17-37(49)58)41(60)54-36(22-29-24-51-32-14-8-7-13-30(29)32)43(62)57-39(27(5)6)44(63)53-34(46(65)66)15-9-10-18-47/h7-8,11-14,19,23-27,31,33-36,38-39,51H,9-10,15-18,20-22,47-48H2,1-6H3,(H2,49,58)(H,52,61)(H,53,63)(H,54,60)(H,55,64)(H,56,59)(H,57,62)(H,65,66)/t31-,33-,34-,35-,36-,38-,39-/m0/s1. The maximum absolute atomic E-state index is 14.3. The fraction of sp³-hybridized carbons (Fsp3) is 0.543. The zero-order chi connectivity index (χ0) is 49.1. The van der Waals surface area contributed by atoms with Crippen LogP contribution >= 0.6 is 0 Å². The molecule has 7 atom stereocenters. The molecule has 362 valence electrons. The van der Waals surface area contributed by atoms with Crippen LogP contribution in [0.25, 0.3) is 10.9 Å². The number of para-hydroxylation sites is 1. The van der Waals surface area contributed by atoms with Crippen LogP contribution in [0.2, 0.25) is 0 Å². The lowest BCUT2D eigenvalue weighted by Gasteiger charge is -2.29. The summed E-state index contributed by atoms with van der Waals surface area (Å²) in [6.45, 7) is 10.8. The van der Waals surface area contributed by atoms with Crippen LogP contribution in [0, 0.1) is 17.8 Å². The normalized spacial score (nSPS) is 14.6. The molecule has 0 aliphatic carbocycles. The van der Waals surface area contributed by atoms with Crippen LogP contribution in [0.4, 0.5) is 0 Å². The summed E-state index contributed by atoms with van der Waals surface area (Å²) in [4.78, 5) is 115. The average molecular weight is 920 g/mol. The second-order valence-corrected chi connectivity index (χ2v) is 17.7. The molecule has 0 unspecified atom stereocenters. The van der Waals surface area contributed by atoms with Crippen LogP contribution in [-0.2, 0) is 51.2 Å². The highest BCUT2D eigenvalue weighted by Crippen LogP contribution is 2.20. The van der Waals surface area contributed by atoms with Gasteiger partial charge in [-0.2, -0.15) is 0 Å². The number of primary amides is 1. The molecule has 0 saturated heterocycles. The Morgan fingerprint density at radius 2 is 1.24 bits per heavy atom. The van der Waals surface area contributed by atoms with Crippen molar-refractivity contribution in [3.63, 3.8) is 0 Å². The van der Waals surface area contributed by atoms with Gasteiger partial charge < -0.3 is 59.2 Å². The molecule has 66 heavy (non-hydrogen) atoms. The molecule has 20 nitrogen and oxygen atoms in total. The number of unbranched alkanes of at least 4 members (excludes halogenated alkanes) is 1. The van der Waals surface area contributed by atoms with Crippen LogP contribution in [0.1, 0.15) is 91.2 Å². The number of aliphatic carboxylic acids is 1. The number of carbonyl (C=O) groups is 8. The number of H-pyrrole nitrogens is 1. The van der Waals surface area contributed by atoms with Gasteiger partial charge in [-0.15, -0.1) is 0 Å². The second kappa shape index (κ2) is 26.5. The highest BCUT2D eigenvalue weighted by molar-refractivity contribution is 5.98. The number of carbonyl (C=O) groups excluding carboxylic acids is 7. The van der Waals surface area contributed by atoms with Gasteiger partial charge in [-0.1, -0.05) is 65.8 Å². The molecule has 3 aromatic rings. The summed E-state index contributed by atoms with van der Waals surface area (Å²) in [5.41, 5.74) is 19.3. The van der Waals surface area contributed by atoms with E-state index < -0.39 is 101 Å². The van der Waals surface area contributed by atoms with Crippen LogP contribution in [-0.4, -0.2) is 111 Å². The number of pyridine rings is 1. The zero-order valence-electron chi connectivity index (χ0n) is 38.7. The second-order valence-electron chi connectivity index (χ2n) is 17.7. The van der Waals surface area contributed by atoms with Gasteiger partial charge >= 0.3 is 5.97 Å². The van der Waals surface area contributed by atoms with E-state index in [1.54, 1.807) is 64.5 Å². The van der Waals surface area contributed by atoms with Gasteiger partial charge in [-0.25, -0.2) is 4.79 Å². The van der Waals surface area contributed by atoms with Crippen molar-refractivity contribution in [2.75, 3.05) is 6.54 Å². The molecule has 14 N–H and O–H groups in total. The minimum absolute atomic E-state index is 0.0957. The van der Waals surface area contributed by atoms with Gasteiger partial charge in [0.25, 0.3) is 0 Å². The first kappa shape index (κ1) is 53.9. The Morgan fingerprint density at radius 3 is 1.82 bits per heavy atom. The van der Waals surface area contributed by atoms with Crippen molar-refractivity contribution < 1.29 is 43.5 Å². The van der Waals surface area contributed by atoms with Crippen LogP contribution in [0.3, 0.4) is 0 Å². The van der Waals surface area contributed by atoms with Crippen molar-refractivity contribution in [1.29, 1.82) is 0 Å². The maximum Gasteiger partial charge on any atom is 0.326 e. The summed E-state index contributed by atoms with van der Waals surface area (Å²) in [5, 5.41) is 26.6. The number of nitrogens with one attached hydrogen (secondary N) is 7.